The molecule has 0 amide bonds. The number of hydrogen-bond donors (Lipinski definition) is 2. The minimum absolute atomic E-state index is 0.313. The summed E-state index contributed by atoms with van der Waals surface area (Å²) < 4.78 is 5.35. The van der Waals surface area contributed by atoms with E-state index in [0.29, 0.717) is 6.04 Å². The molecule has 0 aliphatic heterocycles. The molecular formula is C15H21N3O. The molecule has 2 N–H and O–H groups in total. The van der Waals surface area contributed by atoms with E-state index < -0.39 is 0 Å². The van der Waals surface area contributed by atoms with Crippen molar-refractivity contribution in [1.29, 1.82) is 0 Å². The van der Waals surface area contributed by atoms with Gasteiger partial charge in [-0.3, -0.25) is 0 Å². The van der Waals surface area contributed by atoms with Gasteiger partial charge in [0.2, 0.25) is 0 Å². The third-order valence-electron chi connectivity index (χ3n) is 2.82. The minimum Gasteiger partial charge on any atom is -0.469 e. The number of nitrogens with one attached hydrogen (secondary N) is 2. The Morgan fingerprint density at radius 2 is 2.26 bits per heavy atom. The van der Waals surface area contributed by atoms with Crippen molar-refractivity contribution in [2.45, 2.75) is 32.7 Å². The van der Waals surface area contributed by atoms with E-state index in [1.54, 1.807) is 6.26 Å². The second-order valence-electron chi connectivity index (χ2n) is 4.69. The number of hydrogen-bond acceptors (Lipinski definition) is 4. The minimum atomic E-state index is 0.313. The first-order valence-electron chi connectivity index (χ1n) is 6.76. The van der Waals surface area contributed by atoms with Crippen LogP contribution in [0.2, 0.25) is 0 Å². The van der Waals surface area contributed by atoms with E-state index >= 15 is 0 Å². The Morgan fingerprint density at radius 3 is 3.00 bits per heavy atom. The first-order valence-corrected chi connectivity index (χ1v) is 6.76. The van der Waals surface area contributed by atoms with E-state index in [2.05, 4.69) is 29.5 Å². The van der Waals surface area contributed by atoms with Crippen LogP contribution in [0.15, 0.2) is 41.1 Å². The van der Waals surface area contributed by atoms with Crippen molar-refractivity contribution in [1.82, 2.24) is 4.98 Å². The zero-order valence-electron chi connectivity index (χ0n) is 11.5. The van der Waals surface area contributed by atoms with Gasteiger partial charge in [-0.25, -0.2) is 4.98 Å². The van der Waals surface area contributed by atoms with Gasteiger partial charge in [-0.05, 0) is 31.5 Å². The summed E-state index contributed by atoms with van der Waals surface area (Å²) in [5.74, 6) is 1.91. The Bertz CT molecular complexity index is 482. The number of furan rings is 1. The zero-order chi connectivity index (χ0) is 13.5. The number of aromatic nitrogens is 1. The molecule has 102 valence electrons. The molecule has 0 aromatic carbocycles. The van der Waals surface area contributed by atoms with E-state index in [-0.39, 0.29) is 0 Å². The lowest BCUT2D eigenvalue weighted by molar-refractivity contribution is 0.498. The van der Waals surface area contributed by atoms with Crippen LogP contribution in [0.3, 0.4) is 0 Å². The quantitative estimate of drug-likeness (QED) is 0.798. The zero-order valence-corrected chi connectivity index (χ0v) is 11.5. The third-order valence-corrected chi connectivity index (χ3v) is 2.82. The van der Waals surface area contributed by atoms with E-state index in [1.165, 1.54) is 0 Å². The van der Waals surface area contributed by atoms with Crippen LogP contribution >= 0.6 is 0 Å². The first-order chi connectivity index (χ1) is 9.28. The van der Waals surface area contributed by atoms with Crippen LogP contribution < -0.4 is 10.6 Å². The molecule has 4 heteroatoms. The molecular weight excluding hydrogens is 238 g/mol. The highest BCUT2D eigenvalue weighted by Crippen LogP contribution is 2.14. The monoisotopic (exact) mass is 259 g/mol. The van der Waals surface area contributed by atoms with E-state index in [1.807, 2.05) is 30.5 Å². The molecule has 4 nitrogen and oxygen atoms in total. The Labute approximate surface area is 114 Å². The maximum atomic E-state index is 5.35. The van der Waals surface area contributed by atoms with Gasteiger partial charge in [0.1, 0.15) is 11.6 Å². The number of anilines is 2. The van der Waals surface area contributed by atoms with Gasteiger partial charge >= 0.3 is 0 Å². The lowest BCUT2D eigenvalue weighted by atomic mass is 10.2. The Balaban J connectivity index is 1.90. The van der Waals surface area contributed by atoms with Gasteiger partial charge in [-0.15, -0.1) is 0 Å². The first kappa shape index (κ1) is 13.5. The Kier molecular flexibility index (Phi) is 4.84. The number of rotatable bonds is 7. The molecule has 0 fully saturated rings. The summed E-state index contributed by atoms with van der Waals surface area (Å²) in [5.41, 5.74) is 1.08. The van der Waals surface area contributed by atoms with Gasteiger partial charge < -0.3 is 15.1 Å². The van der Waals surface area contributed by atoms with E-state index in [0.717, 1.165) is 36.7 Å². The molecule has 0 aliphatic carbocycles. The highest BCUT2D eigenvalue weighted by Gasteiger charge is 2.06. The molecule has 0 spiro atoms. The molecule has 0 radical (unpaired) electrons. The molecule has 0 saturated carbocycles. The highest BCUT2D eigenvalue weighted by atomic mass is 16.3. The fraction of sp³-hybridized carbons (Fsp3) is 0.400. The molecule has 1 atom stereocenters. The molecule has 2 rings (SSSR count). The van der Waals surface area contributed by atoms with Gasteiger partial charge in [-0.1, -0.05) is 6.92 Å². The van der Waals surface area contributed by atoms with Gasteiger partial charge in [0.05, 0.1) is 6.26 Å². The molecule has 0 bridgehead atoms. The van der Waals surface area contributed by atoms with Crippen molar-refractivity contribution < 1.29 is 4.42 Å². The summed E-state index contributed by atoms with van der Waals surface area (Å²) in [4.78, 5) is 4.29. The highest BCUT2D eigenvalue weighted by molar-refractivity contribution is 5.52. The van der Waals surface area contributed by atoms with Crippen LogP contribution in [-0.4, -0.2) is 17.6 Å². The molecule has 2 aromatic heterocycles. The molecule has 0 aliphatic rings. The standard InChI is InChI=1S/C15H21N3O/c1-3-7-16-15-11-13(6-8-17-15)18-12(2)10-14-5-4-9-19-14/h4-6,8-9,11-12H,3,7,10H2,1-2H3,(H2,16,17,18). The van der Waals surface area contributed by atoms with Crippen molar-refractivity contribution in [3.8, 4) is 0 Å². The summed E-state index contributed by atoms with van der Waals surface area (Å²) in [7, 11) is 0. The average Bonchev–Trinajstić information content (AvgIpc) is 2.89. The average molecular weight is 259 g/mol. The normalized spacial score (nSPS) is 12.1. The molecule has 1 unspecified atom stereocenters. The smallest absolute Gasteiger partial charge is 0.127 e. The van der Waals surface area contributed by atoms with Crippen molar-refractivity contribution in [2.24, 2.45) is 0 Å². The summed E-state index contributed by atoms with van der Waals surface area (Å²) >= 11 is 0. The summed E-state index contributed by atoms with van der Waals surface area (Å²) in [6.07, 6.45) is 5.49. The Hall–Kier alpha value is -1.97. The Morgan fingerprint density at radius 1 is 1.37 bits per heavy atom. The topological polar surface area (TPSA) is 50.1 Å². The molecule has 19 heavy (non-hydrogen) atoms. The summed E-state index contributed by atoms with van der Waals surface area (Å²) in [6.45, 7) is 5.22. The van der Waals surface area contributed by atoms with Gasteiger partial charge in [-0.2, -0.15) is 0 Å². The predicted molar refractivity (Wildman–Crippen MR) is 78.5 cm³/mol. The van der Waals surface area contributed by atoms with Crippen LogP contribution in [0.4, 0.5) is 11.5 Å². The SMILES string of the molecule is CCCNc1cc(NC(C)Cc2ccco2)ccn1. The fourth-order valence-electron chi connectivity index (χ4n) is 1.94. The van der Waals surface area contributed by atoms with Crippen LogP contribution in [-0.2, 0) is 6.42 Å². The fourth-order valence-corrected chi connectivity index (χ4v) is 1.94. The maximum Gasteiger partial charge on any atom is 0.127 e. The van der Waals surface area contributed by atoms with Gasteiger partial charge in [0.15, 0.2) is 0 Å². The van der Waals surface area contributed by atoms with Crippen molar-refractivity contribution in [3.05, 3.63) is 42.5 Å². The van der Waals surface area contributed by atoms with Crippen LogP contribution in [0, 0.1) is 0 Å². The van der Waals surface area contributed by atoms with Crippen LogP contribution in [0.25, 0.3) is 0 Å². The van der Waals surface area contributed by atoms with Crippen molar-refractivity contribution in [2.75, 3.05) is 17.2 Å². The predicted octanol–water partition coefficient (Wildman–Crippen LogP) is 3.54. The van der Waals surface area contributed by atoms with Crippen LogP contribution in [0.1, 0.15) is 26.0 Å². The largest absolute Gasteiger partial charge is 0.469 e. The summed E-state index contributed by atoms with van der Waals surface area (Å²) in [5, 5.41) is 6.74. The summed E-state index contributed by atoms with van der Waals surface area (Å²) in [6, 6.07) is 8.25. The lowest BCUT2D eigenvalue weighted by Crippen LogP contribution is -2.18. The molecule has 2 heterocycles. The molecule has 2 aromatic rings. The van der Waals surface area contributed by atoms with Crippen molar-refractivity contribution >= 4 is 11.5 Å². The molecule has 0 saturated heterocycles. The maximum absolute atomic E-state index is 5.35. The van der Waals surface area contributed by atoms with Gasteiger partial charge in [0.25, 0.3) is 0 Å². The number of nitrogens with zero attached hydrogens (tertiary/aromatic N) is 1. The van der Waals surface area contributed by atoms with E-state index in [4.69, 9.17) is 4.42 Å². The third kappa shape index (κ3) is 4.32. The van der Waals surface area contributed by atoms with Crippen LogP contribution in [0.5, 0.6) is 0 Å². The van der Waals surface area contributed by atoms with E-state index in [9.17, 15) is 0 Å². The lowest BCUT2D eigenvalue weighted by Gasteiger charge is -2.14. The van der Waals surface area contributed by atoms with Gasteiger partial charge in [0, 0.05) is 37.0 Å². The second kappa shape index (κ2) is 6.83. The number of pyridine rings is 1. The second-order valence-corrected chi connectivity index (χ2v) is 4.69. The van der Waals surface area contributed by atoms with Crippen molar-refractivity contribution in [3.63, 3.8) is 0 Å².